The SMILES string of the molecule is NCC(O)(C1CCCC1)P(O)(=S)S. The van der Waals surface area contributed by atoms with E-state index >= 15 is 0 Å². The van der Waals surface area contributed by atoms with E-state index in [1.807, 2.05) is 0 Å². The third-order valence-electron chi connectivity index (χ3n) is 2.81. The molecule has 1 aliphatic rings. The minimum Gasteiger partial charge on any atom is -0.380 e. The second-order valence-electron chi connectivity index (χ2n) is 3.61. The van der Waals surface area contributed by atoms with Gasteiger partial charge in [-0.3, -0.25) is 0 Å². The van der Waals surface area contributed by atoms with Crippen molar-refractivity contribution in [3.63, 3.8) is 0 Å². The first-order valence-electron chi connectivity index (χ1n) is 4.40. The molecular weight excluding hydrogens is 225 g/mol. The van der Waals surface area contributed by atoms with Gasteiger partial charge in [-0.25, -0.2) is 0 Å². The fourth-order valence-electron chi connectivity index (χ4n) is 1.91. The summed E-state index contributed by atoms with van der Waals surface area (Å²) in [6.07, 6.45) is 3.95. The third-order valence-corrected chi connectivity index (χ3v) is 6.36. The fraction of sp³-hybridized carbons (Fsp3) is 1.00. The Kier molecular flexibility index (Phi) is 3.83. The van der Waals surface area contributed by atoms with Crippen molar-refractivity contribution in [2.24, 2.45) is 11.7 Å². The zero-order valence-corrected chi connectivity index (χ0v) is 9.99. The van der Waals surface area contributed by atoms with Crippen molar-refractivity contribution in [2.45, 2.75) is 31.0 Å². The van der Waals surface area contributed by atoms with E-state index in [1.165, 1.54) is 0 Å². The van der Waals surface area contributed by atoms with Crippen LogP contribution < -0.4 is 5.73 Å². The molecule has 0 saturated heterocycles. The summed E-state index contributed by atoms with van der Waals surface area (Å²) in [5.74, 6) is 0.0332. The lowest BCUT2D eigenvalue weighted by molar-refractivity contribution is 0.0703. The fourth-order valence-corrected chi connectivity index (χ4v) is 4.29. The van der Waals surface area contributed by atoms with Crippen LogP contribution in [0.4, 0.5) is 0 Å². The van der Waals surface area contributed by atoms with E-state index in [2.05, 4.69) is 12.2 Å². The monoisotopic (exact) mass is 241 g/mol. The molecule has 0 aromatic heterocycles. The van der Waals surface area contributed by atoms with E-state index in [0.717, 1.165) is 25.7 Å². The van der Waals surface area contributed by atoms with Crippen LogP contribution in [0, 0.1) is 5.92 Å². The van der Waals surface area contributed by atoms with Crippen molar-refractivity contribution in [3.8, 4) is 0 Å². The molecular formula is C7H16NO2PS2. The average Bonchev–Trinajstić information content (AvgIpc) is 2.52. The lowest BCUT2D eigenvalue weighted by Crippen LogP contribution is -2.42. The van der Waals surface area contributed by atoms with Crippen molar-refractivity contribution in [3.05, 3.63) is 0 Å². The maximum Gasteiger partial charge on any atom is 0.146 e. The number of thiol groups is 1. The molecule has 0 bridgehead atoms. The number of nitrogens with two attached hydrogens (primary N) is 1. The van der Waals surface area contributed by atoms with Crippen molar-refractivity contribution in [2.75, 3.05) is 6.54 Å². The van der Waals surface area contributed by atoms with Gasteiger partial charge in [0.15, 0.2) is 0 Å². The molecule has 3 nitrogen and oxygen atoms in total. The molecule has 4 N–H and O–H groups in total. The predicted octanol–water partition coefficient (Wildman–Crippen LogP) is 1.06. The van der Waals surface area contributed by atoms with Gasteiger partial charge >= 0.3 is 0 Å². The number of aliphatic hydroxyl groups is 1. The second-order valence-corrected chi connectivity index (χ2v) is 9.60. The normalized spacial score (nSPS) is 28.3. The van der Waals surface area contributed by atoms with Crippen LogP contribution in [0.3, 0.4) is 0 Å². The van der Waals surface area contributed by atoms with Gasteiger partial charge in [0, 0.05) is 6.54 Å². The largest absolute Gasteiger partial charge is 0.380 e. The van der Waals surface area contributed by atoms with Crippen LogP contribution in [0.25, 0.3) is 0 Å². The molecule has 2 unspecified atom stereocenters. The van der Waals surface area contributed by atoms with Crippen LogP contribution in [0.5, 0.6) is 0 Å². The maximum absolute atomic E-state index is 10.2. The van der Waals surface area contributed by atoms with E-state index in [0.29, 0.717) is 0 Å². The lowest BCUT2D eigenvalue weighted by Gasteiger charge is -2.36. The van der Waals surface area contributed by atoms with Crippen LogP contribution in [0.2, 0.25) is 0 Å². The van der Waals surface area contributed by atoms with E-state index in [4.69, 9.17) is 17.5 Å². The smallest absolute Gasteiger partial charge is 0.146 e. The summed E-state index contributed by atoms with van der Waals surface area (Å²) in [4.78, 5) is 9.66. The van der Waals surface area contributed by atoms with Crippen molar-refractivity contribution < 1.29 is 10.00 Å². The zero-order valence-electron chi connectivity index (χ0n) is 7.39. The van der Waals surface area contributed by atoms with Crippen molar-refractivity contribution in [1.82, 2.24) is 0 Å². The Morgan fingerprint density at radius 3 is 2.31 bits per heavy atom. The highest BCUT2D eigenvalue weighted by Gasteiger charge is 2.46. The Bertz CT molecular complexity index is 227. The van der Waals surface area contributed by atoms with Gasteiger partial charge in [-0.05, 0) is 18.8 Å². The van der Waals surface area contributed by atoms with Crippen molar-refractivity contribution in [1.29, 1.82) is 0 Å². The zero-order chi connectivity index (χ0) is 10.1. The Morgan fingerprint density at radius 1 is 1.54 bits per heavy atom. The van der Waals surface area contributed by atoms with E-state index in [1.54, 1.807) is 0 Å². The standard InChI is InChI=1S/C7H16NO2PS2/c8-5-7(9,11(10,12)13)6-3-1-2-4-6/h6,9H,1-5,8H2,(H2,10,12,13). The summed E-state index contributed by atoms with van der Waals surface area (Å²) in [7, 11) is 0. The van der Waals surface area contributed by atoms with Crippen LogP contribution in [0.15, 0.2) is 0 Å². The quantitative estimate of drug-likeness (QED) is 0.440. The average molecular weight is 241 g/mol. The first-order chi connectivity index (χ1) is 5.92. The first-order valence-corrected chi connectivity index (χ1v) is 8.30. The molecule has 1 fully saturated rings. The second kappa shape index (κ2) is 4.17. The molecule has 0 aromatic carbocycles. The van der Waals surface area contributed by atoms with Gasteiger partial charge in [-0.2, -0.15) is 0 Å². The minimum atomic E-state index is -2.98. The topological polar surface area (TPSA) is 66.5 Å². The minimum absolute atomic E-state index is 0.00887. The molecule has 1 aliphatic carbocycles. The van der Waals surface area contributed by atoms with E-state index < -0.39 is 10.8 Å². The predicted molar refractivity (Wildman–Crippen MR) is 61.5 cm³/mol. The van der Waals surface area contributed by atoms with Gasteiger partial charge in [-0.15, -0.1) is 12.2 Å². The summed E-state index contributed by atoms with van der Waals surface area (Å²) in [6, 6.07) is 0. The van der Waals surface area contributed by atoms with Crippen LogP contribution in [0.1, 0.15) is 25.7 Å². The van der Waals surface area contributed by atoms with Crippen LogP contribution in [-0.4, -0.2) is 21.9 Å². The highest BCUT2D eigenvalue weighted by Crippen LogP contribution is 2.62. The molecule has 0 radical (unpaired) electrons. The Balaban J connectivity index is 2.85. The molecule has 0 amide bonds. The molecule has 6 heteroatoms. The van der Waals surface area contributed by atoms with Gasteiger partial charge in [-0.1, -0.05) is 24.6 Å². The highest BCUT2D eigenvalue weighted by molar-refractivity contribution is 8.61. The molecule has 0 aliphatic heterocycles. The summed E-state index contributed by atoms with van der Waals surface area (Å²) >= 11 is 8.80. The lowest BCUT2D eigenvalue weighted by atomic mass is 10.0. The van der Waals surface area contributed by atoms with Gasteiger partial charge < -0.3 is 15.7 Å². The van der Waals surface area contributed by atoms with Gasteiger partial charge in [0.05, 0.1) is 0 Å². The van der Waals surface area contributed by atoms with Crippen molar-refractivity contribution >= 4 is 29.5 Å². The van der Waals surface area contributed by atoms with Gasteiger partial charge in [0.1, 0.15) is 10.8 Å². The molecule has 0 aromatic rings. The molecule has 13 heavy (non-hydrogen) atoms. The summed E-state index contributed by atoms with van der Waals surface area (Å²) in [6.45, 7) is 0.00887. The molecule has 78 valence electrons. The molecule has 0 spiro atoms. The first kappa shape index (κ1) is 12.0. The molecule has 2 atom stereocenters. The number of rotatable bonds is 3. The van der Waals surface area contributed by atoms with Crippen LogP contribution in [-0.2, 0) is 11.8 Å². The Morgan fingerprint density at radius 2 is 2.00 bits per heavy atom. The summed E-state index contributed by atoms with van der Waals surface area (Å²) < 4.78 is 0. The summed E-state index contributed by atoms with van der Waals surface area (Å²) in [5.41, 5.74) is 2.50. The highest BCUT2D eigenvalue weighted by atomic mass is 32.9. The van der Waals surface area contributed by atoms with E-state index in [-0.39, 0.29) is 12.5 Å². The molecule has 0 heterocycles. The van der Waals surface area contributed by atoms with Gasteiger partial charge in [0.2, 0.25) is 0 Å². The maximum atomic E-state index is 10.2. The third kappa shape index (κ3) is 2.28. The number of hydrogen-bond donors (Lipinski definition) is 4. The van der Waals surface area contributed by atoms with Crippen LogP contribution >= 0.6 is 17.7 Å². The molecule has 1 rings (SSSR count). The number of hydrogen-bond acceptors (Lipinski definition) is 3. The van der Waals surface area contributed by atoms with E-state index in [9.17, 15) is 10.00 Å². The Labute approximate surface area is 89.0 Å². The molecule has 1 saturated carbocycles. The van der Waals surface area contributed by atoms with Gasteiger partial charge in [0.25, 0.3) is 0 Å². The Hall–Kier alpha value is 0.880. The summed E-state index contributed by atoms with van der Waals surface area (Å²) in [5, 5.41) is 8.83.